The summed E-state index contributed by atoms with van der Waals surface area (Å²) in [6, 6.07) is 7.78. The summed E-state index contributed by atoms with van der Waals surface area (Å²) in [4.78, 5) is 23.5. The highest BCUT2D eigenvalue weighted by atomic mass is 32.2. The van der Waals surface area contributed by atoms with Crippen LogP contribution < -0.4 is 0 Å². The lowest BCUT2D eigenvalue weighted by Crippen LogP contribution is -2.15. The first kappa shape index (κ1) is 17.6. The number of carbonyl (C=O) groups excluding carboxylic acids is 2. The van der Waals surface area contributed by atoms with Crippen LogP contribution in [0.4, 0.5) is 0 Å². The van der Waals surface area contributed by atoms with E-state index in [4.69, 9.17) is 9.47 Å². The van der Waals surface area contributed by atoms with Gasteiger partial charge in [-0.05, 0) is 26.3 Å². The highest BCUT2D eigenvalue weighted by molar-refractivity contribution is 8.00. The van der Waals surface area contributed by atoms with Gasteiger partial charge in [0.25, 0.3) is 0 Å². The summed E-state index contributed by atoms with van der Waals surface area (Å²) in [5.41, 5.74) is 2.00. The van der Waals surface area contributed by atoms with Crippen LogP contribution >= 0.6 is 11.8 Å². The van der Waals surface area contributed by atoms with Crippen molar-refractivity contribution in [2.45, 2.75) is 32.4 Å². The van der Waals surface area contributed by atoms with Gasteiger partial charge in [0.2, 0.25) is 0 Å². The van der Waals surface area contributed by atoms with Crippen LogP contribution in [0.2, 0.25) is 0 Å². The molecule has 1 rings (SSSR count). The fourth-order valence-electron chi connectivity index (χ4n) is 1.84. The zero-order chi connectivity index (χ0) is 15.7. The van der Waals surface area contributed by atoms with E-state index >= 15 is 0 Å². The van der Waals surface area contributed by atoms with E-state index in [1.807, 2.05) is 31.2 Å². The summed E-state index contributed by atoms with van der Waals surface area (Å²) in [6.45, 7) is 6.27. The first-order valence-electron chi connectivity index (χ1n) is 7.08. The molecule has 0 bridgehead atoms. The average molecular weight is 310 g/mol. The molecule has 0 N–H and O–H groups in total. The Morgan fingerprint density at radius 3 is 2.52 bits per heavy atom. The Kier molecular flexibility index (Phi) is 7.90. The van der Waals surface area contributed by atoms with Crippen LogP contribution in [0.1, 0.15) is 36.6 Å². The molecule has 0 saturated carbocycles. The third kappa shape index (κ3) is 6.21. The summed E-state index contributed by atoms with van der Waals surface area (Å²) in [7, 11) is 0. The van der Waals surface area contributed by atoms with E-state index in [1.54, 1.807) is 13.8 Å². The number of rotatable bonds is 8. The van der Waals surface area contributed by atoms with Gasteiger partial charge >= 0.3 is 11.9 Å². The molecule has 1 aromatic rings. The molecule has 0 saturated heterocycles. The Morgan fingerprint density at radius 1 is 1.19 bits per heavy atom. The molecule has 0 aliphatic rings. The van der Waals surface area contributed by atoms with Gasteiger partial charge in [-0.25, -0.2) is 0 Å². The number of ether oxygens (including phenoxy) is 2. The fourth-order valence-corrected chi connectivity index (χ4v) is 2.91. The highest BCUT2D eigenvalue weighted by Gasteiger charge is 2.23. The van der Waals surface area contributed by atoms with Gasteiger partial charge in [-0.3, -0.25) is 9.59 Å². The zero-order valence-electron chi connectivity index (χ0n) is 12.8. The van der Waals surface area contributed by atoms with Gasteiger partial charge in [0, 0.05) is 5.75 Å². The predicted molar refractivity (Wildman–Crippen MR) is 84.3 cm³/mol. The van der Waals surface area contributed by atoms with E-state index in [-0.39, 0.29) is 11.9 Å². The van der Waals surface area contributed by atoms with E-state index in [1.165, 1.54) is 11.8 Å². The van der Waals surface area contributed by atoms with E-state index in [9.17, 15) is 9.59 Å². The monoisotopic (exact) mass is 310 g/mol. The summed E-state index contributed by atoms with van der Waals surface area (Å²) in [5.74, 6) is 0.0183. The summed E-state index contributed by atoms with van der Waals surface area (Å²) in [6.07, 6.45) is 0.292. The molecule has 0 heterocycles. The van der Waals surface area contributed by atoms with Crippen molar-refractivity contribution in [1.29, 1.82) is 0 Å². The van der Waals surface area contributed by atoms with E-state index in [2.05, 4.69) is 0 Å². The number of carbonyl (C=O) groups is 2. The first-order chi connectivity index (χ1) is 10.1. The van der Waals surface area contributed by atoms with Crippen LogP contribution in [0.15, 0.2) is 24.3 Å². The third-order valence-corrected chi connectivity index (χ3v) is 3.98. The van der Waals surface area contributed by atoms with E-state index < -0.39 is 5.25 Å². The summed E-state index contributed by atoms with van der Waals surface area (Å²) < 4.78 is 10.0. The lowest BCUT2D eigenvalue weighted by Gasteiger charge is -2.16. The molecule has 4 nitrogen and oxygen atoms in total. The molecule has 1 aromatic carbocycles. The van der Waals surface area contributed by atoms with Crippen molar-refractivity contribution in [3.8, 4) is 0 Å². The lowest BCUT2D eigenvalue weighted by molar-refractivity contribution is -0.143. The van der Waals surface area contributed by atoms with Gasteiger partial charge in [0.15, 0.2) is 0 Å². The van der Waals surface area contributed by atoms with Crippen molar-refractivity contribution in [3.05, 3.63) is 35.4 Å². The van der Waals surface area contributed by atoms with Gasteiger partial charge in [0.05, 0.1) is 19.6 Å². The van der Waals surface area contributed by atoms with Crippen molar-refractivity contribution in [3.63, 3.8) is 0 Å². The van der Waals surface area contributed by atoms with Crippen molar-refractivity contribution in [2.75, 3.05) is 19.0 Å². The maximum absolute atomic E-state index is 12.1. The third-order valence-electron chi connectivity index (χ3n) is 2.74. The molecule has 116 valence electrons. The molecule has 0 amide bonds. The Labute approximate surface area is 130 Å². The van der Waals surface area contributed by atoms with Crippen LogP contribution in [0, 0.1) is 6.92 Å². The number of hydrogen-bond donors (Lipinski definition) is 0. The van der Waals surface area contributed by atoms with Crippen molar-refractivity contribution < 1.29 is 19.1 Å². The van der Waals surface area contributed by atoms with Gasteiger partial charge < -0.3 is 9.47 Å². The predicted octanol–water partition coefficient (Wildman–Crippen LogP) is 3.29. The zero-order valence-corrected chi connectivity index (χ0v) is 13.6. The SMILES string of the molecule is CCOC(=O)CCS[C@@H](C(=O)OCC)c1cccc(C)c1. The van der Waals surface area contributed by atoms with E-state index in [0.717, 1.165) is 11.1 Å². The molecule has 0 fully saturated rings. The maximum Gasteiger partial charge on any atom is 0.323 e. The topological polar surface area (TPSA) is 52.6 Å². The quantitative estimate of drug-likeness (QED) is 0.690. The average Bonchev–Trinajstić information content (AvgIpc) is 2.44. The Hall–Kier alpha value is -1.49. The van der Waals surface area contributed by atoms with Gasteiger partial charge in [-0.15, -0.1) is 11.8 Å². The van der Waals surface area contributed by atoms with Gasteiger partial charge in [-0.2, -0.15) is 0 Å². The minimum Gasteiger partial charge on any atom is -0.466 e. The molecule has 5 heteroatoms. The van der Waals surface area contributed by atoms with Gasteiger partial charge in [0.1, 0.15) is 5.25 Å². The molecule has 0 radical (unpaired) electrons. The molecule has 0 aromatic heterocycles. The number of aryl methyl sites for hydroxylation is 1. The molecule has 0 unspecified atom stereocenters. The minimum atomic E-state index is -0.403. The Morgan fingerprint density at radius 2 is 1.90 bits per heavy atom. The van der Waals surface area contributed by atoms with E-state index in [0.29, 0.717) is 25.4 Å². The second kappa shape index (κ2) is 9.45. The minimum absolute atomic E-state index is 0.239. The summed E-state index contributed by atoms with van der Waals surface area (Å²) in [5, 5.41) is -0.403. The first-order valence-corrected chi connectivity index (χ1v) is 8.13. The standard InChI is InChI=1S/C16H22O4S/c1-4-19-14(17)9-10-21-15(16(18)20-5-2)13-8-6-7-12(3)11-13/h6-8,11,15H,4-5,9-10H2,1-3H3/t15-/m1/s1. The second-order valence-corrected chi connectivity index (χ2v) is 5.69. The Bertz CT molecular complexity index is 473. The highest BCUT2D eigenvalue weighted by Crippen LogP contribution is 2.31. The maximum atomic E-state index is 12.1. The summed E-state index contributed by atoms with van der Waals surface area (Å²) >= 11 is 1.41. The van der Waals surface area contributed by atoms with Gasteiger partial charge in [-0.1, -0.05) is 29.8 Å². The normalized spacial score (nSPS) is 11.8. The molecular weight excluding hydrogens is 288 g/mol. The van der Waals surface area contributed by atoms with Crippen LogP contribution in [0.5, 0.6) is 0 Å². The number of thioether (sulfide) groups is 1. The van der Waals surface area contributed by atoms with Crippen LogP contribution in [-0.2, 0) is 19.1 Å². The van der Waals surface area contributed by atoms with Crippen molar-refractivity contribution >= 4 is 23.7 Å². The molecule has 21 heavy (non-hydrogen) atoms. The molecule has 0 aliphatic heterocycles. The largest absolute Gasteiger partial charge is 0.466 e. The molecular formula is C16H22O4S. The van der Waals surface area contributed by atoms with Crippen LogP contribution in [-0.4, -0.2) is 30.9 Å². The fraction of sp³-hybridized carbons (Fsp3) is 0.500. The lowest BCUT2D eigenvalue weighted by atomic mass is 10.1. The number of esters is 2. The molecule has 0 aliphatic carbocycles. The number of hydrogen-bond acceptors (Lipinski definition) is 5. The molecule has 0 spiro atoms. The van der Waals surface area contributed by atoms with Crippen molar-refractivity contribution in [1.82, 2.24) is 0 Å². The van der Waals surface area contributed by atoms with Crippen molar-refractivity contribution in [2.24, 2.45) is 0 Å². The van der Waals surface area contributed by atoms with Crippen LogP contribution in [0.25, 0.3) is 0 Å². The Balaban J connectivity index is 2.69. The van der Waals surface area contributed by atoms with Crippen LogP contribution in [0.3, 0.4) is 0 Å². The smallest absolute Gasteiger partial charge is 0.323 e. The number of benzene rings is 1. The second-order valence-electron chi connectivity index (χ2n) is 4.47. The molecule has 1 atom stereocenters.